The zero-order valence-corrected chi connectivity index (χ0v) is 16.4. The first-order valence-corrected chi connectivity index (χ1v) is 8.18. The van der Waals surface area contributed by atoms with Crippen molar-refractivity contribution in [3.63, 3.8) is 0 Å². The summed E-state index contributed by atoms with van der Waals surface area (Å²) in [5.74, 6) is -0.155. The maximum atomic E-state index is 12.5. The lowest BCUT2D eigenvalue weighted by Crippen LogP contribution is -3.00. The molecule has 0 aromatic heterocycles. The van der Waals surface area contributed by atoms with E-state index in [-0.39, 0.29) is 28.5 Å². The van der Waals surface area contributed by atoms with Crippen LogP contribution in [0.2, 0.25) is 10.0 Å². The van der Waals surface area contributed by atoms with E-state index in [9.17, 15) is 14.9 Å². The molecular formula is C18H17Cl3N2O3. The van der Waals surface area contributed by atoms with E-state index in [0.29, 0.717) is 27.7 Å². The summed E-state index contributed by atoms with van der Waals surface area (Å²) >= 11 is 11.9. The standard InChI is InChI=1S/C18H17Cl2N2O3.ClH/c1-22(2,12-13-4-3-5-16(10-13)21(24)25)18(23)9-7-14-6-8-15(19)11-17(14)20;/h3-11H,12H2,1-2H3;1H/q+1;/p-1/b9-7+;. The topological polar surface area (TPSA) is 60.2 Å². The van der Waals surface area contributed by atoms with E-state index in [1.165, 1.54) is 18.2 Å². The molecule has 0 radical (unpaired) electrons. The van der Waals surface area contributed by atoms with Crippen LogP contribution >= 0.6 is 23.2 Å². The number of hydrogen-bond acceptors (Lipinski definition) is 3. The van der Waals surface area contributed by atoms with E-state index >= 15 is 0 Å². The number of rotatable bonds is 5. The highest BCUT2D eigenvalue weighted by atomic mass is 35.5. The van der Waals surface area contributed by atoms with Crippen molar-refractivity contribution >= 4 is 40.9 Å². The summed E-state index contributed by atoms with van der Waals surface area (Å²) in [5, 5.41) is 11.9. The van der Waals surface area contributed by atoms with Gasteiger partial charge in [0.2, 0.25) is 0 Å². The number of hydrogen-bond donors (Lipinski definition) is 0. The molecule has 8 heteroatoms. The number of carbonyl (C=O) groups excluding carboxylic acids is 1. The molecule has 0 aliphatic heterocycles. The number of non-ortho nitro benzene ring substituents is 1. The summed E-state index contributed by atoms with van der Waals surface area (Å²) in [5.41, 5.74) is 1.41. The molecule has 1 amide bonds. The van der Waals surface area contributed by atoms with Crippen LogP contribution in [-0.4, -0.2) is 29.4 Å². The third-order valence-electron chi connectivity index (χ3n) is 3.66. The first-order valence-electron chi connectivity index (χ1n) is 7.43. The van der Waals surface area contributed by atoms with Gasteiger partial charge >= 0.3 is 5.91 Å². The second-order valence-corrected chi connectivity index (χ2v) is 6.95. The van der Waals surface area contributed by atoms with E-state index in [0.717, 1.165) is 0 Å². The number of amides is 1. The highest BCUT2D eigenvalue weighted by Gasteiger charge is 2.25. The molecular weight excluding hydrogens is 399 g/mol. The highest BCUT2D eigenvalue weighted by molar-refractivity contribution is 6.35. The number of quaternary nitrogens is 1. The Kier molecular flexibility index (Phi) is 7.78. The number of nitrogens with zero attached hydrogens (tertiary/aromatic N) is 2. The third-order valence-corrected chi connectivity index (χ3v) is 4.23. The van der Waals surface area contributed by atoms with Crippen molar-refractivity contribution in [1.82, 2.24) is 0 Å². The molecule has 0 aliphatic carbocycles. The molecule has 0 aliphatic rings. The van der Waals surface area contributed by atoms with Crippen molar-refractivity contribution in [2.75, 3.05) is 14.1 Å². The van der Waals surface area contributed by atoms with Crippen molar-refractivity contribution in [2.45, 2.75) is 6.54 Å². The van der Waals surface area contributed by atoms with Crippen molar-refractivity contribution in [1.29, 1.82) is 0 Å². The fourth-order valence-electron chi connectivity index (χ4n) is 2.30. The molecule has 0 N–H and O–H groups in total. The third kappa shape index (κ3) is 5.81. The normalized spacial score (nSPS) is 11.2. The van der Waals surface area contributed by atoms with Gasteiger partial charge in [0.15, 0.2) is 0 Å². The van der Waals surface area contributed by atoms with Crippen LogP contribution in [0.4, 0.5) is 5.69 Å². The minimum absolute atomic E-state index is 0. The number of halogens is 3. The molecule has 0 spiro atoms. The van der Waals surface area contributed by atoms with Gasteiger partial charge < -0.3 is 12.4 Å². The van der Waals surface area contributed by atoms with Gasteiger partial charge in [0, 0.05) is 33.8 Å². The molecule has 138 valence electrons. The SMILES string of the molecule is C[N+](C)(Cc1cccc([N+](=O)[O-])c1)C(=O)/C=C/c1ccc(Cl)cc1Cl.[Cl-]. The van der Waals surface area contributed by atoms with Crippen LogP contribution in [0.15, 0.2) is 48.5 Å². The largest absolute Gasteiger partial charge is 1.00 e. The molecule has 5 nitrogen and oxygen atoms in total. The van der Waals surface area contributed by atoms with Gasteiger partial charge in [-0.15, -0.1) is 0 Å². The molecule has 0 saturated heterocycles. The second-order valence-electron chi connectivity index (χ2n) is 6.11. The van der Waals surface area contributed by atoms with E-state index in [1.54, 1.807) is 50.5 Å². The van der Waals surface area contributed by atoms with Gasteiger partial charge in [-0.25, -0.2) is 4.79 Å². The van der Waals surface area contributed by atoms with Crippen LogP contribution in [0, 0.1) is 10.1 Å². The van der Waals surface area contributed by atoms with Gasteiger partial charge in [-0.1, -0.05) is 41.4 Å². The Morgan fingerprint density at radius 1 is 1.19 bits per heavy atom. The molecule has 0 unspecified atom stereocenters. The predicted molar refractivity (Wildman–Crippen MR) is 99.4 cm³/mol. The van der Waals surface area contributed by atoms with E-state index in [1.807, 2.05) is 0 Å². The van der Waals surface area contributed by atoms with Crippen molar-refractivity contribution in [2.24, 2.45) is 0 Å². The summed E-state index contributed by atoms with van der Waals surface area (Å²) in [7, 11) is 3.49. The Labute approximate surface area is 168 Å². The number of carbonyl (C=O) groups is 1. The highest BCUT2D eigenvalue weighted by Crippen LogP contribution is 2.22. The number of benzene rings is 2. The van der Waals surface area contributed by atoms with Gasteiger partial charge in [0.25, 0.3) is 5.69 Å². The Morgan fingerprint density at radius 2 is 1.88 bits per heavy atom. The van der Waals surface area contributed by atoms with Crippen LogP contribution in [0.1, 0.15) is 11.1 Å². The summed E-state index contributed by atoms with van der Waals surface area (Å²) in [4.78, 5) is 22.9. The monoisotopic (exact) mass is 414 g/mol. The molecule has 0 fully saturated rings. The maximum absolute atomic E-state index is 12.5. The Balaban J connectivity index is 0.00000338. The first kappa shape index (κ1) is 22.1. The second kappa shape index (κ2) is 9.14. The molecule has 2 aromatic carbocycles. The van der Waals surface area contributed by atoms with Crippen molar-refractivity contribution < 1.29 is 26.6 Å². The summed E-state index contributed by atoms with van der Waals surface area (Å²) in [6.45, 7) is 0.333. The van der Waals surface area contributed by atoms with Crippen molar-refractivity contribution in [3.8, 4) is 0 Å². The Bertz CT molecular complexity index is 851. The minimum Gasteiger partial charge on any atom is -1.00 e. The molecule has 0 bridgehead atoms. The molecule has 26 heavy (non-hydrogen) atoms. The van der Waals surface area contributed by atoms with Crippen LogP contribution in [-0.2, 0) is 11.3 Å². The lowest BCUT2D eigenvalue weighted by atomic mass is 10.1. The lowest BCUT2D eigenvalue weighted by molar-refractivity contribution is -0.825. The zero-order valence-electron chi connectivity index (χ0n) is 14.2. The maximum Gasteiger partial charge on any atom is 0.338 e. The molecule has 0 atom stereocenters. The van der Waals surface area contributed by atoms with Crippen LogP contribution in [0.25, 0.3) is 6.08 Å². The fourth-order valence-corrected chi connectivity index (χ4v) is 2.77. The van der Waals surface area contributed by atoms with Crippen molar-refractivity contribution in [3.05, 3.63) is 79.8 Å². The summed E-state index contributed by atoms with van der Waals surface area (Å²) < 4.78 is 0.0167. The Morgan fingerprint density at radius 3 is 2.50 bits per heavy atom. The smallest absolute Gasteiger partial charge is 0.338 e. The average molecular weight is 416 g/mol. The predicted octanol–water partition coefficient (Wildman–Crippen LogP) is 1.72. The molecule has 2 rings (SSSR count). The first-order chi connectivity index (χ1) is 11.7. The van der Waals surface area contributed by atoms with Crippen LogP contribution < -0.4 is 12.4 Å². The molecule has 0 heterocycles. The van der Waals surface area contributed by atoms with Gasteiger partial charge in [-0.3, -0.25) is 14.6 Å². The minimum atomic E-state index is -0.451. The van der Waals surface area contributed by atoms with Crippen LogP contribution in [0.3, 0.4) is 0 Å². The zero-order chi connectivity index (χ0) is 18.6. The summed E-state index contributed by atoms with van der Waals surface area (Å²) in [6.07, 6.45) is 3.08. The number of nitro benzene ring substituents is 1. The van der Waals surface area contributed by atoms with Gasteiger partial charge in [0.1, 0.15) is 6.54 Å². The fraction of sp³-hybridized carbons (Fsp3) is 0.167. The van der Waals surface area contributed by atoms with E-state index < -0.39 is 4.92 Å². The Hall–Kier alpha value is -1.92. The quantitative estimate of drug-likeness (QED) is 0.323. The number of likely N-dealkylation sites (N-methyl/N-ethyl adjacent to an activating group) is 1. The van der Waals surface area contributed by atoms with E-state index in [2.05, 4.69) is 0 Å². The molecule has 2 aromatic rings. The van der Waals surface area contributed by atoms with Gasteiger partial charge in [-0.2, -0.15) is 0 Å². The lowest BCUT2D eigenvalue weighted by Gasteiger charge is -2.25. The van der Waals surface area contributed by atoms with E-state index in [4.69, 9.17) is 23.2 Å². The average Bonchev–Trinajstić information content (AvgIpc) is 2.53. The van der Waals surface area contributed by atoms with Crippen LogP contribution in [0.5, 0.6) is 0 Å². The van der Waals surface area contributed by atoms with Gasteiger partial charge in [-0.05, 0) is 23.8 Å². The number of nitro groups is 1. The van der Waals surface area contributed by atoms with Gasteiger partial charge in [0.05, 0.1) is 19.0 Å². The summed E-state index contributed by atoms with van der Waals surface area (Å²) in [6, 6.07) is 11.3. The molecule has 0 saturated carbocycles.